The number of anilines is 1. The molecule has 1 saturated carbocycles. The molecule has 0 spiro atoms. The van der Waals surface area contributed by atoms with Crippen LogP contribution in [0.15, 0.2) is 34.9 Å². The first-order valence-electron chi connectivity index (χ1n) is 7.03. The minimum Gasteiger partial charge on any atom is -0.408 e. The number of nitrogens with zero attached hydrogens (tertiary/aromatic N) is 5. The average Bonchev–Trinajstić information content (AvgIpc) is 3.09. The van der Waals surface area contributed by atoms with Gasteiger partial charge in [-0.2, -0.15) is 0 Å². The molecule has 0 atom stereocenters. The van der Waals surface area contributed by atoms with E-state index in [1.165, 1.54) is 0 Å². The fraction of sp³-hybridized carbons (Fsp3) is 0.286. The summed E-state index contributed by atoms with van der Waals surface area (Å²) >= 11 is 6.14. The zero-order valence-corrected chi connectivity index (χ0v) is 12.4. The van der Waals surface area contributed by atoms with Crippen LogP contribution in [0.5, 0.6) is 0 Å². The molecule has 0 radical (unpaired) electrons. The molecule has 2 aromatic heterocycles. The number of benzene rings is 1. The smallest absolute Gasteiger partial charge is 0.315 e. The highest BCUT2D eigenvalue weighted by Crippen LogP contribution is 2.39. The van der Waals surface area contributed by atoms with E-state index in [-0.39, 0.29) is 0 Å². The van der Waals surface area contributed by atoms with E-state index in [0.717, 1.165) is 24.2 Å². The Bertz CT molecular complexity index is 794. The van der Waals surface area contributed by atoms with E-state index in [0.29, 0.717) is 29.4 Å². The van der Waals surface area contributed by atoms with Crippen molar-refractivity contribution in [1.29, 1.82) is 0 Å². The van der Waals surface area contributed by atoms with Crippen LogP contribution in [0.2, 0.25) is 5.02 Å². The Morgan fingerprint density at radius 1 is 1.23 bits per heavy atom. The molecule has 8 heteroatoms. The summed E-state index contributed by atoms with van der Waals surface area (Å²) in [7, 11) is 0. The van der Waals surface area contributed by atoms with E-state index in [9.17, 15) is 0 Å². The van der Waals surface area contributed by atoms with Gasteiger partial charge in [-0.1, -0.05) is 34.0 Å². The van der Waals surface area contributed by atoms with Crippen molar-refractivity contribution in [3.8, 4) is 5.69 Å². The normalized spacial score (nSPS) is 14.2. The predicted molar refractivity (Wildman–Crippen MR) is 80.0 cm³/mol. The maximum absolute atomic E-state index is 6.14. The van der Waals surface area contributed by atoms with E-state index in [2.05, 4.69) is 25.8 Å². The van der Waals surface area contributed by atoms with Crippen molar-refractivity contribution in [3.63, 3.8) is 0 Å². The fourth-order valence-electron chi connectivity index (χ4n) is 2.10. The Morgan fingerprint density at radius 3 is 2.91 bits per heavy atom. The number of halogens is 1. The minimum atomic E-state index is 0.411. The second-order valence-corrected chi connectivity index (χ2v) is 5.59. The summed E-state index contributed by atoms with van der Waals surface area (Å²) < 4.78 is 7.17. The van der Waals surface area contributed by atoms with Gasteiger partial charge in [0.05, 0.1) is 23.5 Å². The zero-order chi connectivity index (χ0) is 14.9. The van der Waals surface area contributed by atoms with Gasteiger partial charge in [-0.15, -0.1) is 10.2 Å². The lowest BCUT2D eigenvalue weighted by atomic mass is 10.3. The Hall–Kier alpha value is -2.41. The molecule has 1 fully saturated rings. The molecular weight excluding hydrogens is 304 g/mol. The first-order valence-corrected chi connectivity index (χ1v) is 7.41. The number of para-hydroxylation sites is 1. The van der Waals surface area contributed by atoms with Crippen LogP contribution >= 0.6 is 11.6 Å². The molecule has 3 aromatic rings. The third-order valence-electron chi connectivity index (χ3n) is 3.43. The first kappa shape index (κ1) is 13.3. The maximum Gasteiger partial charge on any atom is 0.315 e. The Kier molecular flexibility index (Phi) is 3.27. The van der Waals surface area contributed by atoms with Gasteiger partial charge in [0.25, 0.3) is 0 Å². The molecule has 2 heterocycles. The van der Waals surface area contributed by atoms with Crippen molar-refractivity contribution in [2.45, 2.75) is 25.3 Å². The quantitative estimate of drug-likeness (QED) is 0.779. The Labute approximate surface area is 131 Å². The van der Waals surface area contributed by atoms with Crippen LogP contribution in [0.4, 0.5) is 6.01 Å². The van der Waals surface area contributed by atoms with Crippen LogP contribution < -0.4 is 5.32 Å². The third kappa shape index (κ3) is 2.67. The summed E-state index contributed by atoms with van der Waals surface area (Å²) in [6, 6.07) is 7.88. The van der Waals surface area contributed by atoms with Crippen LogP contribution in [-0.2, 0) is 6.54 Å². The highest BCUT2D eigenvalue weighted by atomic mass is 35.5. The SMILES string of the molecule is Clc1ccccc1-n1cc(CNc2nnc(C3CC3)o2)nn1. The maximum atomic E-state index is 6.14. The molecule has 0 aliphatic heterocycles. The van der Waals surface area contributed by atoms with Crippen LogP contribution in [-0.4, -0.2) is 25.2 Å². The van der Waals surface area contributed by atoms with E-state index >= 15 is 0 Å². The number of rotatable bonds is 5. The molecule has 112 valence electrons. The number of aromatic nitrogens is 5. The van der Waals surface area contributed by atoms with Crippen molar-refractivity contribution < 1.29 is 4.42 Å². The topological polar surface area (TPSA) is 81.7 Å². The number of hydrogen-bond acceptors (Lipinski definition) is 6. The summed E-state index contributed by atoms with van der Waals surface area (Å²) in [4.78, 5) is 0. The lowest BCUT2D eigenvalue weighted by molar-refractivity contribution is 0.506. The van der Waals surface area contributed by atoms with Crippen molar-refractivity contribution in [1.82, 2.24) is 25.2 Å². The molecule has 1 aliphatic carbocycles. The van der Waals surface area contributed by atoms with Gasteiger partial charge in [0.1, 0.15) is 5.69 Å². The lowest BCUT2D eigenvalue weighted by Gasteiger charge is -2.01. The Morgan fingerprint density at radius 2 is 2.09 bits per heavy atom. The molecular formula is C14H13ClN6O. The second kappa shape index (κ2) is 5.42. The molecule has 7 nitrogen and oxygen atoms in total. The lowest BCUT2D eigenvalue weighted by Crippen LogP contribution is -2.00. The van der Waals surface area contributed by atoms with Gasteiger partial charge in [0, 0.05) is 5.92 Å². The predicted octanol–water partition coefficient (Wildman–Crippen LogP) is 2.79. The van der Waals surface area contributed by atoms with Gasteiger partial charge >= 0.3 is 6.01 Å². The van der Waals surface area contributed by atoms with Crippen molar-refractivity contribution in [3.05, 3.63) is 47.1 Å². The Balaban J connectivity index is 1.44. The summed E-state index contributed by atoms with van der Waals surface area (Å²) in [5.74, 6) is 1.16. The molecule has 4 rings (SSSR count). The third-order valence-corrected chi connectivity index (χ3v) is 3.75. The summed E-state index contributed by atoms with van der Waals surface area (Å²) in [6.07, 6.45) is 4.08. The molecule has 22 heavy (non-hydrogen) atoms. The van der Waals surface area contributed by atoms with E-state index in [1.807, 2.05) is 30.5 Å². The zero-order valence-electron chi connectivity index (χ0n) is 11.6. The standard InChI is InChI=1S/C14H13ClN6O/c15-11-3-1-2-4-12(11)21-8-10(17-20-21)7-16-14-19-18-13(22-14)9-5-6-9/h1-4,8-9H,5-7H2,(H,16,19). The molecule has 1 N–H and O–H groups in total. The van der Waals surface area contributed by atoms with Gasteiger partial charge in [-0.05, 0) is 25.0 Å². The molecule has 1 aliphatic rings. The molecule has 0 bridgehead atoms. The number of hydrogen-bond donors (Lipinski definition) is 1. The molecule has 0 saturated heterocycles. The minimum absolute atomic E-state index is 0.411. The van der Waals surface area contributed by atoms with Crippen molar-refractivity contribution >= 4 is 17.6 Å². The summed E-state index contributed by atoms with van der Waals surface area (Å²) in [5, 5.41) is 19.8. The van der Waals surface area contributed by atoms with Gasteiger partial charge < -0.3 is 9.73 Å². The summed E-state index contributed by atoms with van der Waals surface area (Å²) in [5.41, 5.74) is 1.54. The fourth-order valence-corrected chi connectivity index (χ4v) is 2.32. The van der Waals surface area contributed by atoms with Crippen LogP contribution in [0.25, 0.3) is 5.69 Å². The van der Waals surface area contributed by atoms with Gasteiger partial charge in [-0.25, -0.2) is 4.68 Å². The van der Waals surface area contributed by atoms with Gasteiger partial charge in [0.2, 0.25) is 5.89 Å². The van der Waals surface area contributed by atoms with Crippen LogP contribution in [0, 0.1) is 0 Å². The van der Waals surface area contributed by atoms with Crippen molar-refractivity contribution in [2.24, 2.45) is 0 Å². The molecule has 1 aromatic carbocycles. The second-order valence-electron chi connectivity index (χ2n) is 5.18. The van der Waals surface area contributed by atoms with Crippen LogP contribution in [0.1, 0.15) is 30.3 Å². The van der Waals surface area contributed by atoms with Gasteiger partial charge in [0.15, 0.2) is 0 Å². The van der Waals surface area contributed by atoms with Crippen molar-refractivity contribution in [2.75, 3.05) is 5.32 Å². The van der Waals surface area contributed by atoms with E-state index in [1.54, 1.807) is 4.68 Å². The van der Waals surface area contributed by atoms with E-state index < -0.39 is 0 Å². The monoisotopic (exact) mass is 316 g/mol. The highest BCUT2D eigenvalue weighted by Gasteiger charge is 2.29. The molecule has 0 unspecified atom stereocenters. The first-order chi connectivity index (χ1) is 10.8. The van der Waals surface area contributed by atoms with E-state index in [4.69, 9.17) is 16.0 Å². The highest BCUT2D eigenvalue weighted by molar-refractivity contribution is 6.32. The number of nitrogens with one attached hydrogen (secondary N) is 1. The largest absolute Gasteiger partial charge is 0.408 e. The van der Waals surface area contributed by atoms with Gasteiger partial charge in [-0.3, -0.25) is 0 Å². The average molecular weight is 317 g/mol. The molecule has 0 amide bonds. The summed E-state index contributed by atoms with van der Waals surface area (Å²) in [6.45, 7) is 0.455. The van der Waals surface area contributed by atoms with Crippen LogP contribution in [0.3, 0.4) is 0 Å².